The molecule has 0 bridgehead atoms. The van der Waals surface area contributed by atoms with E-state index in [1.807, 2.05) is 37.3 Å². The maximum absolute atomic E-state index is 11.8. The van der Waals surface area contributed by atoms with Crippen molar-refractivity contribution in [3.63, 3.8) is 0 Å². The van der Waals surface area contributed by atoms with E-state index in [2.05, 4.69) is 4.98 Å². The van der Waals surface area contributed by atoms with Gasteiger partial charge in [-0.1, -0.05) is 41.9 Å². The lowest BCUT2D eigenvalue weighted by Crippen LogP contribution is -2.15. The third kappa shape index (κ3) is 2.60. The summed E-state index contributed by atoms with van der Waals surface area (Å²) in [5.41, 5.74) is 1.15. The van der Waals surface area contributed by atoms with E-state index >= 15 is 0 Å². The predicted octanol–water partition coefficient (Wildman–Crippen LogP) is 3.59. The first-order valence-corrected chi connectivity index (χ1v) is 6.38. The van der Waals surface area contributed by atoms with Crippen LogP contribution in [0.2, 0.25) is 10.4 Å². The molecule has 0 saturated heterocycles. The molecule has 0 aliphatic rings. The molecule has 6 heteroatoms. The first-order chi connectivity index (χ1) is 9.06. The Morgan fingerprint density at radius 2 is 1.95 bits per heavy atom. The topological polar surface area (TPSA) is 44.1 Å². The Balaban J connectivity index is 2.53. The average Bonchev–Trinajstić information content (AvgIpc) is 2.72. The van der Waals surface area contributed by atoms with Crippen molar-refractivity contribution in [3.8, 4) is 0 Å². The molecule has 1 unspecified atom stereocenters. The normalized spacial score (nSPS) is 12.2. The SMILES string of the molecule is COC(=O)c1c(Cl)nc(Cl)n1C(C)c1ccccc1. The van der Waals surface area contributed by atoms with Gasteiger partial charge in [0, 0.05) is 0 Å². The molecule has 2 rings (SSSR count). The van der Waals surface area contributed by atoms with Gasteiger partial charge in [0.1, 0.15) is 0 Å². The van der Waals surface area contributed by atoms with Gasteiger partial charge in [-0.05, 0) is 24.1 Å². The van der Waals surface area contributed by atoms with Crippen molar-refractivity contribution in [2.75, 3.05) is 7.11 Å². The molecule has 0 radical (unpaired) electrons. The fraction of sp³-hybridized carbons (Fsp3) is 0.231. The lowest BCUT2D eigenvalue weighted by atomic mass is 10.1. The van der Waals surface area contributed by atoms with Gasteiger partial charge in [-0.2, -0.15) is 0 Å². The molecule has 0 spiro atoms. The summed E-state index contributed by atoms with van der Waals surface area (Å²) < 4.78 is 6.27. The highest BCUT2D eigenvalue weighted by Crippen LogP contribution is 2.29. The number of halogens is 2. The number of methoxy groups -OCH3 is 1. The number of hydrogen-bond donors (Lipinski definition) is 0. The highest BCUT2D eigenvalue weighted by Gasteiger charge is 2.25. The maximum Gasteiger partial charge on any atom is 0.358 e. The van der Waals surface area contributed by atoms with E-state index in [1.54, 1.807) is 4.57 Å². The lowest BCUT2D eigenvalue weighted by Gasteiger charge is -2.17. The Morgan fingerprint density at radius 3 is 2.53 bits per heavy atom. The molecule has 0 aliphatic heterocycles. The van der Waals surface area contributed by atoms with Crippen molar-refractivity contribution in [3.05, 3.63) is 52.0 Å². The second kappa shape index (κ2) is 5.63. The number of benzene rings is 1. The van der Waals surface area contributed by atoms with E-state index in [0.29, 0.717) is 0 Å². The van der Waals surface area contributed by atoms with Gasteiger partial charge in [-0.3, -0.25) is 0 Å². The monoisotopic (exact) mass is 298 g/mol. The second-order valence-corrected chi connectivity index (χ2v) is 4.66. The molecule has 0 amide bonds. The number of aromatic nitrogens is 2. The molecule has 0 fully saturated rings. The van der Waals surface area contributed by atoms with Crippen LogP contribution in [0.15, 0.2) is 30.3 Å². The van der Waals surface area contributed by atoms with Crippen LogP contribution in [-0.4, -0.2) is 22.6 Å². The average molecular weight is 299 g/mol. The van der Waals surface area contributed by atoms with Crippen LogP contribution in [0.3, 0.4) is 0 Å². The van der Waals surface area contributed by atoms with Gasteiger partial charge >= 0.3 is 5.97 Å². The number of imidazole rings is 1. The molecular weight excluding hydrogens is 287 g/mol. The van der Waals surface area contributed by atoms with Gasteiger partial charge in [-0.15, -0.1) is 0 Å². The van der Waals surface area contributed by atoms with E-state index in [4.69, 9.17) is 27.9 Å². The molecule has 0 aliphatic carbocycles. The Morgan fingerprint density at radius 1 is 1.32 bits per heavy atom. The second-order valence-electron chi connectivity index (χ2n) is 3.97. The maximum atomic E-state index is 11.8. The van der Waals surface area contributed by atoms with Crippen LogP contribution in [0.1, 0.15) is 29.0 Å². The Kier molecular flexibility index (Phi) is 4.12. The van der Waals surface area contributed by atoms with Crippen LogP contribution in [-0.2, 0) is 4.74 Å². The summed E-state index contributed by atoms with van der Waals surface area (Å²) in [5.74, 6) is -0.563. The van der Waals surface area contributed by atoms with Crippen LogP contribution in [0.4, 0.5) is 0 Å². The lowest BCUT2D eigenvalue weighted by molar-refractivity contribution is 0.0587. The van der Waals surface area contributed by atoms with Crippen LogP contribution >= 0.6 is 23.2 Å². The summed E-state index contributed by atoms with van der Waals surface area (Å²) in [6.45, 7) is 1.91. The summed E-state index contributed by atoms with van der Waals surface area (Å²) in [7, 11) is 1.29. The fourth-order valence-corrected chi connectivity index (χ4v) is 2.50. The highest BCUT2D eigenvalue weighted by molar-refractivity contribution is 6.34. The smallest absolute Gasteiger partial charge is 0.358 e. The van der Waals surface area contributed by atoms with Gasteiger partial charge < -0.3 is 9.30 Å². The van der Waals surface area contributed by atoms with Crippen molar-refractivity contribution >= 4 is 29.2 Å². The van der Waals surface area contributed by atoms with E-state index < -0.39 is 5.97 Å². The highest BCUT2D eigenvalue weighted by atomic mass is 35.5. The van der Waals surface area contributed by atoms with Crippen molar-refractivity contribution in [1.29, 1.82) is 0 Å². The molecule has 0 saturated carbocycles. The van der Waals surface area contributed by atoms with Gasteiger partial charge in [0.25, 0.3) is 0 Å². The van der Waals surface area contributed by atoms with E-state index in [0.717, 1.165) is 5.56 Å². The number of esters is 1. The van der Waals surface area contributed by atoms with Crippen molar-refractivity contribution < 1.29 is 9.53 Å². The first kappa shape index (κ1) is 13.9. The Labute approximate surface area is 120 Å². The zero-order valence-electron chi connectivity index (χ0n) is 10.4. The van der Waals surface area contributed by atoms with Crippen molar-refractivity contribution in [2.45, 2.75) is 13.0 Å². The first-order valence-electron chi connectivity index (χ1n) is 5.62. The minimum Gasteiger partial charge on any atom is -0.464 e. The molecular formula is C13H12Cl2N2O2. The number of rotatable bonds is 3. The Bertz CT molecular complexity index is 596. The summed E-state index contributed by atoms with van der Waals surface area (Å²) in [4.78, 5) is 15.7. The van der Waals surface area contributed by atoms with Crippen LogP contribution in [0.5, 0.6) is 0 Å². The third-order valence-corrected chi connectivity index (χ3v) is 3.40. The van der Waals surface area contributed by atoms with Crippen LogP contribution in [0.25, 0.3) is 0 Å². The molecule has 1 aromatic heterocycles. The van der Waals surface area contributed by atoms with Gasteiger partial charge in [0.2, 0.25) is 5.28 Å². The van der Waals surface area contributed by atoms with Crippen molar-refractivity contribution in [2.24, 2.45) is 0 Å². The minimum absolute atomic E-state index is 0.0413. The van der Waals surface area contributed by atoms with Gasteiger partial charge in [-0.25, -0.2) is 9.78 Å². The fourth-order valence-electron chi connectivity index (χ4n) is 1.89. The molecule has 1 aromatic carbocycles. The number of ether oxygens (including phenoxy) is 1. The standard InChI is InChI=1S/C13H12Cl2N2O2/c1-8(9-6-4-3-5-7-9)17-10(12(18)19-2)11(14)16-13(17)15/h3-8H,1-2H3. The molecule has 2 aromatic rings. The minimum atomic E-state index is -0.563. The van der Waals surface area contributed by atoms with E-state index in [-0.39, 0.29) is 22.2 Å². The molecule has 1 heterocycles. The summed E-state index contributed by atoms with van der Waals surface area (Å²) in [5, 5.41) is 0.196. The quantitative estimate of drug-likeness (QED) is 0.814. The summed E-state index contributed by atoms with van der Waals surface area (Å²) >= 11 is 12.0. The van der Waals surface area contributed by atoms with Crippen LogP contribution < -0.4 is 0 Å². The van der Waals surface area contributed by atoms with Crippen molar-refractivity contribution in [1.82, 2.24) is 9.55 Å². The van der Waals surface area contributed by atoms with E-state index in [9.17, 15) is 4.79 Å². The Hall–Kier alpha value is -1.52. The number of carbonyl (C=O) groups is 1. The predicted molar refractivity (Wildman–Crippen MR) is 73.8 cm³/mol. The van der Waals surface area contributed by atoms with Gasteiger partial charge in [0.05, 0.1) is 13.2 Å². The zero-order valence-corrected chi connectivity index (χ0v) is 11.9. The summed E-state index contributed by atoms with van der Waals surface area (Å²) in [6.07, 6.45) is 0. The number of hydrogen-bond acceptors (Lipinski definition) is 3. The summed E-state index contributed by atoms with van der Waals surface area (Å²) in [6, 6.07) is 9.45. The third-order valence-electron chi connectivity index (χ3n) is 2.87. The molecule has 100 valence electrons. The molecule has 0 N–H and O–H groups in total. The number of carbonyl (C=O) groups excluding carboxylic acids is 1. The number of nitrogens with zero attached hydrogens (tertiary/aromatic N) is 2. The van der Waals surface area contributed by atoms with Gasteiger partial charge in [0.15, 0.2) is 10.8 Å². The van der Waals surface area contributed by atoms with E-state index in [1.165, 1.54) is 7.11 Å². The zero-order chi connectivity index (χ0) is 14.0. The molecule has 4 nitrogen and oxygen atoms in total. The molecule has 1 atom stereocenters. The van der Waals surface area contributed by atoms with Crippen LogP contribution in [0, 0.1) is 0 Å². The largest absolute Gasteiger partial charge is 0.464 e. The molecule has 19 heavy (non-hydrogen) atoms.